The molecule has 114 valence electrons. The molecule has 0 radical (unpaired) electrons. The Morgan fingerprint density at radius 3 is 2.90 bits per heavy atom. The highest BCUT2D eigenvalue weighted by atomic mass is 79.9. The maximum Gasteiger partial charge on any atom is 0.139 e. The summed E-state index contributed by atoms with van der Waals surface area (Å²) in [4.78, 5) is 6.86. The van der Waals surface area contributed by atoms with E-state index >= 15 is 0 Å². The van der Waals surface area contributed by atoms with Gasteiger partial charge in [0, 0.05) is 18.7 Å². The molecule has 1 aliphatic rings. The molecule has 1 fully saturated rings. The highest BCUT2D eigenvalue weighted by Gasteiger charge is 2.29. The van der Waals surface area contributed by atoms with Crippen molar-refractivity contribution in [1.29, 1.82) is 0 Å². The van der Waals surface area contributed by atoms with Crippen LogP contribution >= 0.6 is 27.5 Å². The summed E-state index contributed by atoms with van der Waals surface area (Å²) in [6, 6.07) is 3.65. The lowest BCUT2D eigenvalue weighted by Gasteiger charge is -2.36. The third-order valence-electron chi connectivity index (χ3n) is 4.32. The Kier molecular flexibility index (Phi) is 4.26. The predicted molar refractivity (Wildman–Crippen MR) is 87.3 cm³/mol. The average molecular weight is 375 g/mol. The van der Waals surface area contributed by atoms with Crippen LogP contribution in [-0.4, -0.2) is 34.6 Å². The molecule has 3 nitrogen and oxygen atoms in total. The number of halogens is 3. The third kappa shape index (κ3) is 2.71. The van der Waals surface area contributed by atoms with Gasteiger partial charge in [0.25, 0.3) is 0 Å². The van der Waals surface area contributed by atoms with Gasteiger partial charge in [-0.2, -0.15) is 0 Å². The Morgan fingerprint density at radius 1 is 1.48 bits per heavy atom. The Bertz CT molecular complexity index is 672. The van der Waals surface area contributed by atoms with Crippen LogP contribution in [0.1, 0.15) is 25.2 Å². The molecule has 1 aliphatic heterocycles. The second-order valence-electron chi connectivity index (χ2n) is 5.88. The van der Waals surface area contributed by atoms with E-state index in [0.29, 0.717) is 27.8 Å². The molecule has 2 unspecified atom stereocenters. The number of benzene rings is 1. The summed E-state index contributed by atoms with van der Waals surface area (Å²) in [5.74, 6) is 1.38. The number of alkyl halides is 1. The molecular weight excluding hydrogens is 357 g/mol. The summed E-state index contributed by atoms with van der Waals surface area (Å²) in [5.41, 5.74) is 1.64. The standard InChI is InChI=1S/C15H18BrClFN3/c1-9-8-20(2)4-3-13(9)21-14-5-10(16)11(18)6-12(14)19-15(21)7-17/h5-6,9,13H,3-4,7-8H2,1-2H3. The number of aromatic nitrogens is 2. The SMILES string of the molecule is CC1CN(C)CCC1n1c(CCl)nc2cc(F)c(Br)cc21. The lowest BCUT2D eigenvalue weighted by molar-refractivity contribution is 0.160. The van der Waals surface area contributed by atoms with Gasteiger partial charge in [-0.15, -0.1) is 11.6 Å². The Morgan fingerprint density at radius 2 is 2.24 bits per heavy atom. The van der Waals surface area contributed by atoms with Crippen LogP contribution in [0.2, 0.25) is 0 Å². The van der Waals surface area contributed by atoms with E-state index in [0.717, 1.165) is 30.9 Å². The summed E-state index contributed by atoms with van der Waals surface area (Å²) in [6.07, 6.45) is 1.06. The molecule has 1 saturated heterocycles. The molecule has 1 aromatic carbocycles. The maximum absolute atomic E-state index is 13.7. The highest BCUT2D eigenvalue weighted by molar-refractivity contribution is 9.10. The molecule has 0 aliphatic carbocycles. The van der Waals surface area contributed by atoms with Crippen LogP contribution in [0, 0.1) is 11.7 Å². The van der Waals surface area contributed by atoms with Crippen molar-refractivity contribution >= 4 is 38.6 Å². The second kappa shape index (κ2) is 5.86. The summed E-state index contributed by atoms with van der Waals surface area (Å²) >= 11 is 9.35. The summed E-state index contributed by atoms with van der Waals surface area (Å²) < 4.78 is 16.4. The monoisotopic (exact) mass is 373 g/mol. The van der Waals surface area contributed by atoms with E-state index in [2.05, 4.69) is 44.4 Å². The van der Waals surface area contributed by atoms with Gasteiger partial charge in [0.05, 0.1) is 21.4 Å². The van der Waals surface area contributed by atoms with Crippen molar-refractivity contribution in [3.63, 3.8) is 0 Å². The molecule has 2 aromatic rings. The van der Waals surface area contributed by atoms with Crippen LogP contribution in [0.5, 0.6) is 0 Å². The number of likely N-dealkylation sites (tertiary alicyclic amines) is 1. The molecule has 0 amide bonds. The molecule has 1 aromatic heterocycles. The second-order valence-corrected chi connectivity index (χ2v) is 7.00. The van der Waals surface area contributed by atoms with Gasteiger partial charge in [-0.25, -0.2) is 9.37 Å². The van der Waals surface area contributed by atoms with Crippen molar-refractivity contribution in [3.8, 4) is 0 Å². The summed E-state index contributed by atoms with van der Waals surface area (Å²) in [6.45, 7) is 4.36. The number of imidazole rings is 1. The first kappa shape index (κ1) is 15.3. The van der Waals surface area contributed by atoms with Crippen molar-refractivity contribution in [2.75, 3.05) is 20.1 Å². The van der Waals surface area contributed by atoms with E-state index in [9.17, 15) is 4.39 Å². The number of piperidine rings is 1. The van der Waals surface area contributed by atoms with Gasteiger partial charge in [-0.3, -0.25) is 0 Å². The van der Waals surface area contributed by atoms with E-state index in [-0.39, 0.29) is 5.82 Å². The number of rotatable bonds is 2. The summed E-state index contributed by atoms with van der Waals surface area (Å²) in [7, 11) is 2.15. The lowest BCUT2D eigenvalue weighted by Crippen LogP contribution is -2.38. The van der Waals surface area contributed by atoms with E-state index in [1.165, 1.54) is 6.07 Å². The fourth-order valence-electron chi connectivity index (χ4n) is 3.33. The Balaban J connectivity index is 2.14. The molecule has 0 saturated carbocycles. The zero-order chi connectivity index (χ0) is 15.1. The lowest BCUT2D eigenvalue weighted by atomic mass is 9.93. The van der Waals surface area contributed by atoms with Gasteiger partial charge in [0.1, 0.15) is 11.6 Å². The minimum Gasteiger partial charge on any atom is -0.323 e. The van der Waals surface area contributed by atoms with E-state index in [4.69, 9.17) is 11.6 Å². The Hall–Kier alpha value is -0.650. The quantitative estimate of drug-likeness (QED) is 0.735. The number of hydrogen-bond acceptors (Lipinski definition) is 2. The molecule has 2 heterocycles. The van der Waals surface area contributed by atoms with Crippen molar-refractivity contribution in [1.82, 2.24) is 14.5 Å². The largest absolute Gasteiger partial charge is 0.323 e. The van der Waals surface area contributed by atoms with Gasteiger partial charge in [-0.1, -0.05) is 6.92 Å². The topological polar surface area (TPSA) is 21.1 Å². The number of fused-ring (bicyclic) bond motifs is 1. The van der Waals surface area contributed by atoms with E-state index in [1.807, 2.05) is 6.07 Å². The predicted octanol–water partition coefficient (Wildman–Crippen LogP) is 4.19. The fraction of sp³-hybridized carbons (Fsp3) is 0.533. The van der Waals surface area contributed by atoms with Crippen LogP contribution in [0.4, 0.5) is 4.39 Å². The minimum absolute atomic E-state index is 0.287. The smallest absolute Gasteiger partial charge is 0.139 e. The molecule has 0 bridgehead atoms. The maximum atomic E-state index is 13.7. The molecule has 2 atom stereocenters. The van der Waals surface area contributed by atoms with Gasteiger partial charge in [0.2, 0.25) is 0 Å². The van der Waals surface area contributed by atoms with Crippen molar-refractivity contribution in [2.24, 2.45) is 5.92 Å². The van der Waals surface area contributed by atoms with Crippen molar-refractivity contribution in [2.45, 2.75) is 25.3 Å². The first-order valence-corrected chi connectivity index (χ1v) is 8.44. The molecule has 21 heavy (non-hydrogen) atoms. The van der Waals surface area contributed by atoms with E-state index < -0.39 is 0 Å². The van der Waals surface area contributed by atoms with Crippen LogP contribution in [0.25, 0.3) is 11.0 Å². The van der Waals surface area contributed by atoms with Gasteiger partial charge >= 0.3 is 0 Å². The Labute approximate surface area is 137 Å². The molecule has 0 spiro atoms. The highest BCUT2D eigenvalue weighted by Crippen LogP contribution is 2.34. The van der Waals surface area contributed by atoms with Crippen LogP contribution in [0.15, 0.2) is 16.6 Å². The van der Waals surface area contributed by atoms with E-state index in [1.54, 1.807) is 0 Å². The molecule has 3 rings (SSSR count). The minimum atomic E-state index is -0.287. The molecule has 0 N–H and O–H groups in total. The average Bonchev–Trinajstić information content (AvgIpc) is 2.77. The van der Waals surface area contributed by atoms with Crippen molar-refractivity contribution < 1.29 is 4.39 Å². The first-order chi connectivity index (χ1) is 10.0. The number of hydrogen-bond donors (Lipinski definition) is 0. The zero-order valence-corrected chi connectivity index (χ0v) is 14.5. The molecule has 6 heteroatoms. The third-order valence-corrected chi connectivity index (χ3v) is 5.17. The normalized spacial score (nSPS) is 23.9. The van der Waals surface area contributed by atoms with Crippen LogP contribution < -0.4 is 0 Å². The van der Waals surface area contributed by atoms with Crippen LogP contribution in [-0.2, 0) is 5.88 Å². The zero-order valence-electron chi connectivity index (χ0n) is 12.1. The summed E-state index contributed by atoms with van der Waals surface area (Å²) in [5, 5.41) is 0. The van der Waals surface area contributed by atoms with Gasteiger partial charge in [0.15, 0.2) is 0 Å². The molecular formula is C15H18BrClFN3. The fourth-order valence-corrected chi connectivity index (χ4v) is 3.85. The van der Waals surface area contributed by atoms with Crippen LogP contribution in [0.3, 0.4) is 0 Å². The number of nitrogens with zero attached hydrogens (tertiary/aromatic N) is 3. The van der Waals surface area contributed by atoms with Gasteiger partial charge in [-0.05, 0) is 47.9 Å². The van der Waals surface area contributed by atoms with Gasteiger partial charge < -0.3 is 9.47 Å². The van der Waals surface area contributed by atoms with Crippen molar-refractivity contribution in [3.05, 3.63) is 28.2 Å². The first-order valence-electron chi connectivity index (χ1n) is 7.11.